The number of alkyl halides is 3. The van der Waals surface area contributed by atoms with E-state index in [-0.39, 0.29) is 5.56 Å². The van der Waals surface area contributed by atoms with Crippen LogP contribution in [0.1, 0.15) is 24.0 Å². The minimum Gasteiger partial charge on any atom is -0.492 e. The number of nitrogens with one attached hydrogen (secondary N) is 1. The number of benzene rings is 2. The van der Waals surface area contributed by atoms with E-state index in [1.165, 1.54) is 11.6 Å². The van der Waals surface area contributed by atoms with Crippen molar-refractivity contribution < 1.29 is 17.9 Å². The Kier molecular flexibility index (Phi) is 7.34. The molecule has 1 saturated heterocycles. The van der Waals surface area contributed by atoms with E-state index in [0.717, 1.165) is 32.5 Å². The van der Waals surface area contributed by atoms with Gasteiger partial charge >= 0.3 is 6.18 Å². The van der Waals surface area contributed by atoms with Crippen molar-refractivity contribution in [1.82, 2.24) is 10.2 Å². The smallest absolute Gasteiger partial charge is 0.393 e. The number of nitrogens with zero attached hydrogens (tertiary/aromatic N) is 1. The number of piperidine rings is 1. The Bertz CT molecular complexity index is 713. The third kappa shape index (κ3) is 6.84. The van der Waals surface area contributed by atoms with Gasteiger partial charge in [0.05, 0.1) is 6.42 Å². The quantitative estimate of drug-likeness (QED) is 0.673. The van der Waals surface area contributed by atoms with Crippen molar-refractivity contribution in [2.75, 3.05) is 26.2 Å². The van der Waals surface area contributed by atoms with Gasteiger partial charge in [-0.3, -0.25) is 4.90 Å². The SMILES string of the molecule is FC(F)(F)Cc1ccccc1OCCNC1CCN(Cc2ccccc2)CC1. The minimum absolute atomic E-state index is 0.184. The van der Waals surface area contributed by atoms with E-state index in [1.54, 1.807) is 18.2 Å². The second kappa shape index (κ2) is 9.94. The molecule has 0 bridgehead atoms. The molecule has 1 aliphatic heterocycles. The average Bonchev–Trinajstić information content (AvgIpc) is 2.67. The van der Waals surface area contributed by atoms with Crippen LogP contribution in [0.5, 0.6) is 5.75 Å². The predicted octanol–water partition coefficient (Wildman–Crippen LogP) is 4.42. The highest BCUT2D eigenvalue weighted by Crippen LogP contribution is 2.27. The predicted molar refractivity (Wildman–Crippen MR) is 104 cm³/mol. The Morgan fingerprint density at radius 2 is 1.64 bits per heavy atom. The first kappa shape index (κ1) is 20.7. The van der Waals surface area contributed by atoms with E-state index in [4.69, 9.17) is 4.74 Å². The molecule has 152 valence electrons. The van der Waals surface area contributed by atoms with Gasteiger partial charge in [0.25, 0.3) is 0 Å². The fourth-order valence-corrected chi connectivity index (χ4v) is 3.57. The second-order valence-corrected chi connectivity index (χ2v) is 7.24. The summed E-state index contributed by atoms with van der Waals surface area (Å²) in [5.41, 5.74) is 1.52. The van der Waals surface area contributed by atoms with Crippen molar-refractivity contribution in [2.24, 2.45) is 0 Å². The third-order valence-corrected chi connectivity index (χ3v) is 4.99. The Labute approximate surface area is 164 Å². The van der Waals surface area contributed by atoms with Gasteiger partial charge in [0.2, 0.25) is 0 Å². The summed E-state index contributed by atoms with van der Waals surface area (Å²) in [6.45, 7) is 4.05. The molecule has 0 amide bonds. The number of hydrogen-bond donors (Lipinski definition) is 1. The maximum Gasteiger partial charge on any atom is 0.393 e. The molecule has 3 rings (SSSR count). The summed E-state index contributed by atoms with van der Waals surface area (Å²) in [5.74, 6) is 0.319. The average molecular weight is 392 g/mol. The Morgan fingerprint density at radius 3 is 2.36 bits per heavy atom. The topological polar surface area (TPSA) is 24.5 Å². The molecule has 2 aromatic rings. The number of halogens is 3. The number of rotatable bonds is 8. The zero-order chi connectivity index (χ0) is 19.8. The Morgan fingerprint density at radius 1 is 0.964 bits per heavy atom. The van der Waals surface area contributed by atoms with Crippen LogP contribution in [0.25, 0.3) is 0 Å². The maximum atomic E-state index is 12.6. The molecule has 1 fully saturated rings. The number of ether oxygens (including phenoxy) is 1. The van der Waals surface area contributed by atoms with Crippen molar-refractivity contribution >= 4 is 0 Å². The van der Waals surface area contributed by atoms with Gasteiger partial charge in [0.15, 0.2) is 0 Å². The van der Waals surface area contributed by atoms with Gasteiger partial charge in [-0.05, 0) is 37.6 Å². The third-order valence-electron chi connectivity index (χ3n) is 4.99. The van der Waals surface area contributed by atoms with Gasteiger partial charge in [-0.25, -0.2) is 0 Å². The van der Waals surface area contributed by atoms with Crippen LogP contribution in [-0.2, 0) is 13.0 Å². The van der Waals surface area contributed by atoms with Crippen molar-refractivity contribution in [3.05, 3.63) is 65.7 Å². The molecule has 1 aliphatic rings. The molecule has 6 heteroatoms. The van der Waals surface area contributed by atoms with E-state index in [9.17, 15) is 13.2 Å². The fourth-order valence-electron chi connectivity index (χ4n) is 3.57. The highest BCUT2D eigenvalue weighted by atomic mass is 19.4. The molecule has 0 saturated carbocycles. The lowest BCUT2D eigenvalue weighted by molar-refractivity contribution is -0.127. The van der Waals surface area contributed by atoms with Crippen molar-refractivity contribution in [1.29, 1.82) is 0 Å². The summed E-state index contributed by atoms with van der Waals surface area (Å²) < 4.78 is 43.6. The molecule has 0 aliphatic carbocycles. The summed E-state index contributed by atoms with van der Waals surface area (Å²) >= 11 is 0. The molecule has 2 aromatic carbocycles. The summed E-state index contributed by atoms with van der Waals surface area (Å²) in [4.78, 5) is 2.46. The first-order valence-corrected chi connectivity index (χ1v) is 9.77. The van der Waals surface area contributed by atoms with E-state index in [0.29, 0.717) is 24.9 Å². The highest BCUT2D eigenvalue weighted by molar-refractivity contribution is 5.33. The molecule has 0 atom stereocenters. The lowest BCUT2D eigenvalue weighted by atomic mass is 10.0. The van der Waals surface area contributed by atoms with Crippen LogP contribution in [0.15, 0.2) is 54.6 Å². The van der Waals surface area contributed by atoms with E-state index < -0.39 is 12.6 Å². The van der Waals surface area contributed by atoms with Gasteiger partial charge in [-0.2, -0.15) is 13.2 Å². The molecular weight excluding hydrogens is 365 g/mol. The zero-order valence-corrected chi connectivity index (χ0v) is 15.9. The highest BCUT2D eigenvalue weighted by Gasteiger charge is 2.29. The number of hydrogen-bond acceptors (Lipinski definition) is 3. The summed E-state index contributed by atoms with van der Waals surface area (Å²) in [6, 6.07) is 17.3. The first-order valence-electron chi connectivity index (χ1n) is 9.77. The van der Waals surface area contributed by atoms with Crippen LogP contribution < -0.4 is 10.1 Å². The van der Waals surface area contributed by atoms with E-state index >= 15 is 0 Å². The van der Waals surface area contributed by atoms with Gasteiger partial charge in [-0.1, -0.05) is 48.5 Å². The second-order valence-electron chi connectivity index (χ2n) is 7.24. The van der Waals surface area contributed by atoms with Crippen LogP contribution in [-0.4, -0.2) is 43.4 Å². The van der Waals surface area contributed by atoms with Gasteiger partial charge in [0, 0.05) is 24.7 Å². The van der Waals surface area contributed by atoms with Crippen LogP contribution in [0.3, 0.4) is 0 Å². The molecule has 1 N–H and O–H groups in total. The van der Waals surface area contributed by atoms with Crippen LogP contribution in [0.2, 0.25) is 0 Å². The summed E-state index contributed by atoms with van der Waals surface area (Å²) in [5, 5.41) is 3.47. The molecular formula is C22H27F3N2O. The minimum atomic E-state index is -4.23. The fraction of sp³-hybridized carbons (Fsp3) is 0.455. The molecule has 0 unspecified atom stereocenters. The molecule has 3 nitrogen and oxygen atoms in total. The largest absolute Gasteiger partial charge is 0.492 e. The van der Waals surface area contributed by atoms with Crippen molar-refractivity contribution in [3.63, 3.8) is 0 Å². The number of likely N-dealkylation sites (tertiary alicyclic amines) is 1. The Hall–Kier alpha value is -2.05. The Balaban J connectivity index is 1.36. The van der Waals surface area contributed by atoms with E-state index in [1.807, 2.05) is 6.07 Å². The zero-order valence-electron chi connectivity index (χ0n) is 15.9. The first-order chi connectivity index (χ1) is 13.5. The lowest BCUT2D eigenvalue weighted by Gasteiger charge is -2.32. The molecule has 0 spiro atoms. The standard InChI is InChI=1S/C22H27F3N2O/c23-22(24,25)16-19-8-4-5-9-21(19)28-15-12-26-20-10-13-27(14-11-20)17-18-6-2-1-3-7-18/h1-9,20,26H,10-17H2. The lowest BCUT2D eigenvalue weighted by Crippen LogP contribution is -2.43. The number of para-hydroxylation sites is 1. The van der Waals surface area contributed by atoms with Crippen LogP contribution in [0.4, 0.5) is 13.2 Å². The van der Waals surface area contributed by atoms with Crippen molar-refractivity contribution in [3.8, 4) is 5.75 Å². The normalized spacial score (nSPS) is 16.2. The van der Waals surface area contributed by atoms with Gasteiger partial charge < -0.3 is 10.1 Å². The molecule has 1 heterocycles. The monoisotopic (exact) mass is 392 g/mol. The van der Waals surface area contributed by atoms with Crippen LogP contribution >= 0.6 is 0 Å². The summed E-state index contributed by atoms with van der Waals surface area (Å²) in [6.07, 6.45) is -3.06. The summed E-state index contributed by atoms with van der Waals surface area (Å²) in [7, 11) is 0. The van der Waals surface area contributed by atoms with E-state index in [2.05, 4.69) is 34.5 Å². The van der Waals surface area contributed by atoms with Crippen molar-refractivity contribution in [2.45, 2.75) is 38.0 Å². The van der Waals surface area contributed by atoms with Crippen LogP contribution in [0, 0.1) is 0 Å². The van der Waals surface area contributed by atoms with Gasteiger partial charge in [0.1, 0.15) is 12.4 Å². The maximum absolute atomic E-state index is 12.6. The molecule has 28 heavy (non-hydrogen) atoms. The molecule has 0 aromatic heterocycles. The molecule has 0 radical (unpaired) electrons. The van der Waals surface area contributed by atoms with Gasteiger partial charge in [-0.15, -0.1) is 0 Å².